The van der Waals surface area contributed by atoms with E-state index >= 15 is 0 Å². The first-order chi connectivity index (χ1) is 27.5. The molecule has 0 saturated carbocycles. The van der Waals surface area contributed by atoms with E-state index in [4.69, 9.17) is 4.74 Å². The minimum atomic E-state index is -0.562. The third-order valence-electron chi connectivity index (χ3n) is 8.66. The number of thioether (sulfide) groups is 1. The van der Waals surface area contributed by atoms with Crippen molar-refractivity contribution in [3.8, 4) is 22.6 Å². The molecule has 0 aliphatic rings. The number of hydrogen-bond acceptors (Lipinski definition) is 5. The first kappa shape index (κ1) is 37.2. The normalized spacial score (nSPS) is 11.5. The zero-order valence-corrected chi connectivity index (χ0v) is 31.0. The Hall–Kier alpha value is -7.16. The highest BCUT2D eigenvalue weighted by molar-refractivity contribution is 8.00. The molecule has 7 aromatic rings. The van der Waals surface area contributed by atoms with Gasteiger partial charge < -0.3 is 20.7 Å². The molecule has 3 amide bonds. The molecular weight excluding hydrogens is 715 g/mol. The number of hydrogen-bond donors (Lipinski definition) is 3. The van der Waals surface area contributed by atoms with Gasteiger partial charge in [0.2, 0.25) is 5.91 Å². The predicted octanol–water partition coefficient (Wildman–Crippen LogP) is 11.0. The molecule has 7 nitrogen and oxygen atoms in total. The van der Waals surface area contributed by atoms with Gasteiger partial charge in [0.05, 0.1) is 0 Å². The molecule has 274 valence electrons. The number of amides is 3. The summed E-state index contributed by atoms with van der Waals surface area (Å²) >= 11 is 1.40. The van der Waals surface area contributed by atoms with Crippen molar-refractivity contribution in [2.75, 3.05) is 10.6 Å². The smallest absolute Gasteiger partial charge is 0.272 e. The molecule has 0 aliphatic heterocycles. The monoisotopic (exact) mass is 751 g/mol. The van der Waals surface area contributed by atoms with E-state index in [9.17, 15) is 14.4 Å². The second kappa shape index (κ2) is 18.2. The average Bonchev–Trinajstić information content (AvgIpc) is 3.25. The van der Waals surface area contributed by atoms with Crippen LogP contribution in [0, 0.1) is 0 Å². The second-order valence-corrected chi connectivity index (χ2v) is 13.9. The maximum atomic E-state index is 13.8. The number of anilines is 2. The van der Waals surface area contributed by atoms with Gasteiger partial charge in [-0.15, -0.1) is 11.8 Å². The Balaban J connectivity index is 1.05. The van der Waals surface area contributed by atoms with E-state index in [0.717, 1.165) is 32.9 Å². The lowest BCUT2D eigenvalue weighted by Crippen LogP contribution is -2.30. The van der Waals surface area contributed by atoms with Crippen LogP contribution >= 0.6 is 11.8 Å². The number of ether oxygens (including phenoxy) is 1. The SMILES string of the molecule is O=C(Nc1ccc(SC(C(=O)Nc2ccc(Oc3ccccc3)cc2)c2ccccc2)cc1)/C(=C/c1ccc(-c2ccccc2)cc1)NC(=O)c1ccccc1. The largest absolute Gasteiger partial charge is 0.457 e. The van der Waals surface area contributed by atoms with E-state index in [0.29, 0.717) is 22.7 Å². The van der Waals surface area contributed by atoms with Crippen LogP contribution in [0.5, 0.6) is 11.5 Å². The Labute approximate surface area is 330 Å². The van der Waals surface area contributed by atoms with Gasteiger partial charge in [0.25, 0.3) is 11.8 Å². The fraction of sp³-hybridized carbons (Fsp3) is 0.0208. The number of rotatable bonds is 13. The van der Waals surface area contributed by atoms with E-state index in [1.165, 1.54) is 11.8 Å². The van der Waals surface area contributed by atoms with Crippen LogP contribution in [0.25, 0.3) is 17.2 Å². The summed E-state index contributed by atoms with van der Waals surface area (Å²) in [6, 6.07) is 60.1. The van der Waals surface area contributed by atoms with Crippen LogP contribution in [0.2, 0.25) is 0 Å². The Morgan fingerprint density at radius 1 is 0.518 bits per heavy atom. The van der Waals surface area contributed by atoms with E-state index in [-0.39, 0.29) is 11.6 Å². The van der Waals surface area contributed by atoms with Crippen LogP contribution in [-0.2, 0) is 9.59 Å². The molecule has 0 aliphatic carbocycles. The molecule has 0 aromatic heterocycles. The van der Waals surface area contributed by atoms with Gasteiger partial charge in [0.15, 0.2) is 0 Å². The highest BCUT2D eigenvalue weighted by atomic mass is 32.2. The van der Waals surface area contributed by atoms with Gasteiger partial charge >= 0.3 is 0 Å². The Morgan fingerprint density at radius 3 is 1.68 bits per heavy atom. The summed E-state index contributed by atoms with van der Waals surface area (Å²) in [4.78, 5) is 41.5. The fourth-order valence-corrected chi connectivity index (χ4v) is 6.83. The predicted molar refractivity (Wildman–Crippen MR) is 225 cm³/mol. The summed E-state index contributed by atoms with van der Waals surface area (Å²) < 4.78 is 5.90. The molecular formula is C48H37N3O4S. The minimum Gasteiger partial charge on any atom is -0.457 e. The molecule has 3 N–H and O–H groups in total. The van der Waals surface area contributed by atoms with Gasteiger partial charge in [0.1, 0.15) is 22.4 Å². The van der Waals surface area contributed by atoms with Crippen molar-refractivity contribution < 1.29 is 19.1 Å². The van der Waals surface area contributed by atoms with Crippen LogP contribution in [0.1, 0.15) is 26.7 Å². The number of nitrogens with one attached hydrogen (secondary N) is 3. The van der Waals surface area contributed by atoms with E-state index in [1.54, 1.807) is 42.5 Å². The molecule has 7 aromatic carbocycles. The van der Waals surface area contributed by atoms with Crippen molar-refractivity contribution in [1.82, 2.24) is 5.32 Å². The quantitative estimate of drug-likeness (QED) is 0.0805. The Morgan fingerprint density at radius 2 is 1.04 bits per heavy atom. The van der Waals surface area contributed by atoms with Gasteiger partial charge in [-0.2, -0.15) is 0 Å². The average molecular weight is 752 g/mol. The topological polar surface area (TPSA) is 96.5 Å². The molecule has 0 fully saturated rings. The molecule has 0 spiro atoms. The third kappa shape index (κ3) is 10.1. The fourth-order valence-electron chi connectivity index (χ4n) is 5.80. The standard InChI is InChI=1S/C48H37N3O4S/c52-46(38-17-9-3-10-18-38)51-44(33-34-21-23-36(24-22-34)35-13-5-1-6-14-35)47(53)49-40-27-31-43(32-28-40)56-45(37-15-7-2-8-16-37)48(54)50-39-25-29-42(30-26-39)55-41-19-11-4-12-20-41/h1-33,45H,(H,49,53)(H,50,54)(H,51,52)/b44-33-. The Bertz CT molecular complexity index is 2410. The van der Waals surface area contributed by atoms with E-state index in [1.807, 2.05) is 158 Å². The van der Waals surface area contributed by atoms with Crippen LogP contribution in [-0.4, -0.2) is 17.7 Å². The minimum absolute atomic E-state index is 0.0882. The van der Waals surface area contributed by atoms with Crippen LogP contribution in [0.3, 0.4) is 0 Å². The molecule has 8 heteroatoms. The number of carbonyl (C=O) groups excluding carboxylic acids is 3. The molecule has 0 heterocycles. The third-order valence-corrected chi connectivity index (χ3v) is 9.93. The van der Waals surface area contributed by atoms with Crippen LogP contribution < -0.4 is 20.7 Å². The summed E-state index contributed by atoms with van der Waals surface area (Å²) in [6.07, 6.45) is 1.65. The van der Waals surface area contributed by atoms with Crippen molar-refractivity contribution in [2.45, 2.75) is 10.1 Å². The number of benzene rings is 7. The number of para-hydroxylation sites is 1. The first-order valence-corrected chi connectivity index (χ1v) is 18.9. The van der Waals surface area contributed by atoms with Gasteiger partial charge in [-0.25, -0.2) is 0 Å². The van der Waals surface area contributed by atoms with Gasteiger partial charge in [0, 0.05) is 21.8 Å². The summed E-state index contributed by atoms with van der Waals surface area (Å²) in [6.45, 7) is 0. The Kier molecular flexibility index (Phi) is 12.1. The van der Waals surface area contributed by atoms with Crippen molar-refractivity contribution >= 4 is 46.9 Å². The van der Waals surface area contributed by atoms with Crippen LogP contribution in [0.15, 0.2) is 205 Å². The molecule has 1 atom stereocenters. The maximum Gasteiger partial charge on any atom is 0.272 e. The zero-order chi connectivity index (χ0) is 38.5. The van der Waals surface area contributed by atoms with Gasteiger partial charge in [-0.3, -0.25) is 14.4 Å². The molecule has 0 bridgehead atoms. The van der Waals surface area contributed by atoms with Gasteiger partial charge in [-0.05, 0) is 101 Å². The van der Waals surface area contributed by atoms with Crippen LogP contribution in [0.4, 0.5) is 11.4 Å². The zero-order valence-electron chi connectivity index (χ0n) is 30.2. The molecule has 1 unspecified atom stereocenters. The van der Waals surface area contributed by atoms with E-state index < -0.39 is 17.1 Å². The highest BCUT2D eigenvalue weighted by Crippen LogP contribution is 2.37. The summed E-state index contributed by atoms with van der Waals surface area (Å²) in [5, 5.41) is 8.21. The van der Waals surface area contributed by atoms with Crippen molar-refractivity contribution in [2.24, 2.45) is 0 Å². The lowest BCUT2D eigenvalue weighted by molar-refractivity contribution is -0.116. The lowest BCUT2D eigenvalue weighted by atomic mass is 10.0. The summed E-state index contributed by atoms with van der Waals surface area (Å²) in [5.74, 6) is 0.321. The highest BCUT2D eigenvalue weighted by Gasteiger charge is 2.23. The van der Waals surface area contributed by atoms with Gasteiger partial charge in [-0.1, -0.05) is 121 Å². The molecule has 0 saturated heterocycles. The summed E-state index contributed by atoms with van der Waals surface area (Å²) in [7, 11) is 0. The molecule has 7 rings (SSSR count). The lowest BCUT2D eigenvalue weighted by Gasteiger charge is -2.18. The maximum absolute atomic E-state index is 13.8. The van der Waals surface area contributed by atoms with Crippen molar-refractivity contribution in [3.05, 3.63) is 217 Å². The summed E-state index contributed by atoms with van der Waals surface area (Å²) in [5.41, 5.74) is 5.39. The number of carbonyl (C=O) groups is 3. The second-order valence-electron chi connectivity index (χ2n) is 12.7. The molecule has 56 heavy (non-hydrogen) atoms. The molecule has 0 radical (unpaired) electrons. The van der Waals surface area contributed by atoms with Crippen molar-refractivity contribution in [3.63, 3.8) is 0 Å². The van der Waals surface area contributed by atoms with Crippen molar-refractivity contribution in [1.29, 1.82) is 0 Å². The first-order valence-electron chi connectivity index (χ1n) is 18.0. The van der Waals surface area contributed by atoms with E-state index in [2.05, 4.69) is 16.0 Å².